The quantitative estimate of drug-likeness (QED) is 0.751. The standard InChI is InChI=1S/C13H19Cl2NOS/c1-9(2)16-10(8-17)5-6-18-11-3-4-12(14)13(15)7-11/h3-4,7,9-10,16-17H,5-6,8H2,1-2H3. The zero-order valence-corrected chi connectivity index (χ0v) is 12.9. The molecule has 5 heteroatoms. The van der Waals surface area contributed by atoms with Crippen LogP contribution in [0.3, 0.4) is 0 Å². The maximum atomic E-state index is 9.24. The van der Waals surface area contributed by atoms with E-state index in [1.807, 2.05) is 18.2 Å². The maximum Gasteiger partial charge on any atom is 0.0603 e. The van der Waals surface area contributed by atoms with Crippen LogP contribution in [0.1, 0.15) is 20.3 Å². The van der Waals surface area contributed by atoms with Gasteiger partial charge in [0.1, 0.15) is 0 Å². The number of rotatable bonds is 7. The summed E-state index contributed by atoms with van der Waals surface area (Å²) >= 11 is 13.5. The van der Waals surface area contributed by atoms with Crippen molar-refractivity contribution in [2.45, 2.75) is 37.2 Å². The molecule has 18 heavy (non-hydrogen) atoms. The summed E-state index contributed by atoms with van der Waals surface area (Å²) in [4.78, 5) is 1.10. The molecule has 0 aliphatic heterocycles. The number of hydrogen-bond donors (Lipinski definition) is 2. The summed E-state index contributed by atoms with van der Waals surface area (Å²) in [5.74, 6) is 0.933. The van der Waals surface area contributed by atoms with Crippen molar-refractivity contribution in [3.05, 3.63) is 28.2 Å². The Labute approximate surface area is 123 Å². The summed E-state index contributed by atoms with van der Waals surface area (Å²) in [6.07, 6.45) is 0.916. The highest BCUT2D eigenvalue weighted by molar-refractivity contribution is 7.99. The molecule has 1 aromatic carbocycles. The number of halogens is 2. The Balaban J connectivity index is 2.38. The Morgan fingerprint density at radius 2 is 2.00 bits per heavy atom. The Morgan fingerprint density at radius 1 is 1.28 bits per heavy atom. The molecule has 0 heterocycles. The highest BCUT2D eigenvalue weighted by Crippen LogP contribution is 2.28. The van der Waals surface area contributed by atoms with E-state index in [0.717, 1.165) is 17.1 Å². The lowest BCUT2D eigenvalue weighted by atomic mass is 10.2. The van der Waals surface area contributed by atoms with Crippen molar-refractivity contribution in [3.8, 4) is 0 Å². The minimum absolute atomic E-state index is 0.153. The predicted molar refractivity (Wildman–Crippen MR) is 80.9 cm³/mol. The van der Waals surface area contributed by atoms with E-state index in [4.69, 9.17) is 23.2 Å². The van der Waals surface area contributed by atoms with Crippen LogP contribution in [-0.2, 0) is 0 Å². The van der Waals surface area contributed by atoms with Crippen LogP contribution in [0.5, 0.6) is 0 Å². The van der Waals surface area contributed by atoms with E-state index in [9.17, 15) is 5.11 Å². The molecule has 0 saturated carbocycles. The van der Waals surface area contributed by atoms with E-state index >= 15 is 0 Å². The van der Waals surface area contributed by atoms with Gasteiger partial charge in [-0.1, -0.05) is 37.0 Å². The van der Waals surface area contributed by atoms with Gasteiger partial charge in [0.2, 0.25) is 0 Å². The van der Waals surface area contributed by atoms with Gasteiger partial charge >= 0.3 is 0 Å². The highest BCUT2D eigenvalue weighted by Gasteiger charge is 2.08. The third kappa shape index (κ3) is 5.81. The first kappa shape index (κ1) is 16.1. The van der Waals surface area contributed by atoms with E-state index in [2.05, 4.69) is 19.2 Å². The van der Waals surface area contributed by atoms with Crippen molar-refractivity contribution in [2.24, 2.45) is 0 Å². The van der Waals surface area contributed by atoms with Crippen LogP contribution < -0.4 is 5.32 Å². The predicted octanol–water partition coefficient (Wildman–Crippen LogP) is 3.83. The van der Waals surface area contributed by atoms with Crippen LogP contribution >= 0.6 is 35.0 Å². The molecule has 1 atom stereocenters. The molecule has 0 radical (unpaired) electrons. The summed E-state index contributed by atoms with van der Waals surface area (Å²) in [5, 5.41) is 13.7. The molecule has 102 valence electrons. The number of nitrogens with one attached hydrogen (secondary N) is 1. The van der Waals surface area contributed by atoms with E-state index in [1.54, 1.807) is 11.8 Å². The number of hydrogen-bond acceptors (Lipinski definition) is 3. The first-order chi connectivity index (χ1) is 8.52. The van der Waals surface area contributed by atoms with E-state index in [1.165, 1.54) is 0 Å². The molecular weight excluding hydrogens is 289 g/mol. The molecular formula is C13H19Cl2NOS. The van der Waals surface area contributed by atoms with E-state index < -0.39 is 0 Å². The lowest BCUT2D eigenvalue weighted by Gasteiger charge is -2.18. The first-order valence-electron chi connectivity index (χ1n) is 5.97. The first-order valence-corrected chi connectivity index (χ1v) is 7.72. The summed E-state index contributed by atoms with van der Waals surface area (Å²) in [6, 6.07) is 6.18. The summed E-state index contributed by atoms with van der Waals surface area (Å²) in [5.41, 5.74) is 0. The molecule has 2 nitrogen and oxygen atoms in total. The number of benzene rings is 1. The SMILES string of the molecule is CC(C)NC(CO)CCSc1ccc(Cl)c(Cl)c1. The van der Waals surface area contributed by atoms with Crippen LogP contribution in [0.15, 0.2) is 23.1 Å². The van der Waals surface area contributed by atoms with Crippen molar-refractivity contribution < 1.29 is 5.11 Å². The number of aliphatic hydroxyl groups excluding tert-OH is 1. The topological polar surface area (TPSA) is 32.3 Å². The molecule has 1 rings (SSSR count). The molecule has 0 amide bonds. The fourth-order valence-corrected chi connectivity index (χ4v) is 2.95. The molecule has 0 aliphatic carbocycles. The molecule has 0 bridgehead atoms. The van der Waals surface area contributed by atoms with Gasteiger partial charge in [0.05, 0.1) is 16.7 Å². The zero-order chi connectivity index (χ0) is 13.5. The van der Waals surface area contributed by atoms with Crippen LogP contribution in [0.25, 0.3) is 0 Å². The normalized spacial score (nSPS) is 13.0. The number of thioether (sulfide) groups is 1. The van der Waals surface area contributed by atoms with Gasteiger partial charge < -0.3 is 10.4 Å². The Bertz CT molecular complexity index is 374. The third-order valence-corrected chi connectivity index (χ3v) is 4.18. The average molecular weight is 308 g/mol. The Kier molecular flexibility index (Phi) is 7.42. The lowest BCUT2D eigenvalue weighted by molar-refractivity contribution is 0.232. The van der Waals surface area contributed by atoms with E-state index in [-0.39, 0.29) is 12.6 Å². The smallest absolute Gasteiger partial charge is 0.0603 e. The van der Waals surface area contributed by atoms with Crippen molar-refractivity contribution >= 4 is 35.0 Å². The monoisotopic (exact) mass is 307 g/mol. The van der Waals surface area contributed by atoms with E-state index in [0.29, 0.717) is 16.1 Å². The van der Waals surface area contributed by atoms with Crippen molar-refractivity contribution in [2.75, 3.05) is 12.4 Å². The van der Waals surface area contributed by atoms with Crippen molar-refractivity contribution in [1.82, 2.24) is 5.32 Å². The minimum Gasteiger partial charge on any atom is -0.395 e. The summed E-state index contributed by atoms with van der Waals surface area (Å²) in [6.45, 7) is 4.32. The maximum absolute atomic E-state index is 9.24. The molecule has 0 aromatic heterocycles. The van der Waals surface area contributed by atoms with Crippen LogP contribution in [-0.4, -0.2) is 29.5 Å². The Morgan fingerprint density at radius 3 is 2.56 bits per heavy atom. The Hall–Kier alpha value is 0.0700. The van der Waals surface area contributed by atoms with Crippen LogP contribution in [0, 0.1) is 0 Å². The second-order valence-corrected chi connectivity index (χ2v) is 6.40. The van der Waals surface area contributed by atoms with Gasteiger partial charge in [-0.25, -0.2) is 0 Å². The minimum atomic E-state index is 0.153. The average Bonchev–Trinajstić information content (AvgIpc) is 2.32. The lowest BCUT2D eigenvalue weighted by Crippen LogP contribution is -2.37. The fourth-order valence-electron chi connectivity index (χ4n) is 1.58. The van der Waals surface area contributed by atoms with Gasteiger partial charge in [-0.05, 0) is 30.4 Å². The molecule has 0 fully saturated rings. The summed E-state index contributed by atoms with van der Waals surface area (Å²) < 4.78 is 0. The third-order valence-electron chi connectivity index (χ3n) is 2.42. The molecule has 0 saturated heterocycles. The van der Waals surface area contributed by atoms with Gasteiger partial charge in [0.25, 0.3) is 0 Å². The van der Waals surface area contributed by atoms with Gasteiger partial charge in [0.15, 0.2) is 0 Å². The van der Waals surface area contributed by atoms with Crippen molar-refractivity contribution in [1.29, 1.82) is 0 Å². The molecule has 1 unspecified atom stereocenters. The number of aliphatic hydroxyl groups is 1. The second-order valence-electron chi connectivity index (χ2n) is 4.41. The zero-order valence-electron chi connectivity index (χ0n) is 10.6. The largest absolute Gasteiger partial charge is 0.395 e. The molecule has 2 N–H and O–H groups in total. The second kappa shape index (κ2) is 8.28. The van der Waals surface area contributed by atoms with Gasteiger partial charge in [-0.2, -0.15) is 0 Å². The molecule has 0 spiro atoms. The molecule has 0 aliphatic rings. The van der Waals surface area contributed by atoms with Gasteiger partial charge in [-0.3, -0.25) is 0 Å². The van der Waals surface area contributed by atoms with Crippen molar-refractivity contribution in [3.63, 3.8) is 0 Å². The van der Waals surface area contributed by atoms with Crippen LogP contribution in [0.4, 0.5) is 0 Å². The van der Waals surface area contributed by atoms with Gasteiger partial charge in [0, 0.05) is 17.0 Å². The van der Waals surface area contributed by atoms with Crippen LogP contribution in [0.2, 0.25) is 10.0 Å². The summed E-state index contributed by atoms with van der Waals surface area (Å²) in [7, 11) is 0. The van der Waals surface area contributed by atoms with Gasteiger partial charge in [-0.15, -0.1) is 11.8 Å². The molecule has 1 aromatic rings. The highest BCUT2D eigenvalue weighted by atomic mass is 35.5. The fraction of sp³-hybridized carbons (Fsp3) is 0.538.